The van der Waals surface area contributed by atoms with E-state index in [9.17, 15) is 4.79 Å². The van der Waals surface area contributed by atoms with E-state index in [0.29, 0.717) is 12.4 Å². The smallest absolute Gasteiger partial charge is 0.239 e. The van der Waals surface area contributed by atoms with Gasteiger partial charge >= 0.3 is 0 Å². The van der Waals surface area contributed by atoms with Crippen LogP contribution in [0.1, 0.15) is 11.5 Å². The van der Waals surface area contributed by atoms with Crippen LogP contribution < -0.4 is 5.32 Å². The standard InChI is InChI=1S/C26H28N6O2/c1-20-16-22(29-34-20)18-30-12-14-31(15-13-30)19-26(33)27-25-17-24(21-8-4-2-5-9-21)28-32(25)23-10-6-3-7-11-23/h2-11,16-17H,12-15,18-19H2,1H3,(H,27,33). The zero-order valence-electron chi connectivity index (χ0n) is 19.2. The van der Waals surface area contributed by atoms with Crippen LogP contribution in [-0.4, -0.2) is 63.4 Å². The number of para-hydroxylation sites is 1. The Balaban J connectivity index is 1.23. The van der Waals surface area contributed by atoms with Crippen LogP contribution in [0.4, 0.5) is 5.82 Å². The summed E-state index contributed by atoms with van der Waals surface area (Å²) < 4.78 is 6.95. The Morgan fingerprint density at radius 1 is 0.941 bits per heavy atom. The van der Waals surface area contributed by atoms with E-state index in [-0.39, 0.29) is 5.91 Å². The minimum absolute atomic E-state index is 0.0442. The highest BCUT2D eigenvalue weighted by Gasteiger charge is 2.21. The van der Waals surface area contributed by atoms with Crippen LogP contribution in [0.25, 0.3) is 16.9 Å². The molecule has 34 heavy (non-hydrogen) atoms. The maximum absolute atomic E-state index is 13.0. The number of aromatic nitrogens is 3. The van der Waals surface area contributed by atoms with Crippen molar-refractivity contribution < 1.29 is 9.32 Å². The van der Waals surface area contributed by atoms with Gasteiger partial charge in [0.25, 0.3) is 0 Å². The number of piperazine rings is 1. The van der Waals surface area contributed by atoms with Gasteiger partial charge in [-0.1, -0.05) is 53.7 Å². The molecule has 0 atom stereocenters. The molecule has 1 aliphatic heterocycles. The largest absolute Gasteiger partial charge is 0.361 e. The lowest BCUT2D eigenvalue weighted by atomic mass is 10.1. The molecule has 0 spiro atoms. The summed E-state index contributed by atoms with van der Waals surface area (Å²) >= 11 is 0. The monoisotopic (exact) mass is 456 g/mol. The number of amides is 1. The van der Waals surface area contributed by atoms with Crippen LogP contribution in [0, 0.1) is 6.92 Å². The number of carbonyl (C=O) groups excluding carboxylic acids is 1. The van der Waals surface area contributed by atoms with Gasteiger partial charge in [0, 0.05) is 50.4 Å². The molecule has 1 N–H and O–H groups in total. The average Bonchev–Trinajstić information content (AvgIpc) is 3.47. The first-order chi connectivity index (χ1) is 16.6. The van der Waals surface area contributed by atoms with Crippen molar-refractivity contribution in [3.63, 3.8) is 0 Å². The number of rotatable bonds is 7. The highest BCUT2D eigenvalue weighted by molar-refractivity contribution is 5.92. The summed E-state index contributed by atoms with van der Waals surface area (Å²) in [6.07, 6.45) is 0. The van der Waals surface area contributed by atoms with Crippen LogP contribution in [0.3, 0.4) is 0 Å². The minimum atomic E-state index is -0.0442. The normalized spacial score (nSPS) is 14.9. The van der Waals surface area contributed by atoms with Gasteiger partial charge in [0.2, 0.25) is 5.91 Å². The lowest BCUT2D eigenvalue weighted by molar-refractivity contribution is -0.117. The second-order valence-electron chi connectivity index (χ2n) is 8.56. The number of benzene rings is 2. The molecule has 3 heterocycles. The molecule has 1 saturated heterocycles. The van der Waals surface area contributed by atoms with Crippen LogP contribution >= 0.6 is 0 Å². The SMILES string of the molecule is Cc1cc(CN2CCN(CC(=O)Nc3cc(-c4ccccc4)nn3-c3ccccc3)CC2)no1. The van der Waals surface area contributed by atoms with Gasteiger partial charge in [-0.2, -0.15) is 5.10 Å². The van der Waals surface area contributed by atoms with Gasteiger partial charge in [-0.15, -0.1) is 0 Å². The molecule has 0 aliphatic carbocycles. The van der Waals surface area contributed by atoms with Crippen molar-refractivity contribution in [2.45, 2.75) is 13.5 Å². The zero-order chi connectivity index (χ0) is 23.3. The first-order valence-electron chi connectivity index (χ1n) is 11.5. The predicted octanol–water partition coefficient (Wildman–Crippen LogP) is 3.59. The number of nitrogens with one attached hydrogen (secondary N) is 1. The third-order valence-corrected chi connectivity index (χ3v) is 5.94. The molecule has 0 radical (unpaired) electrons. The van der Waals surface area contributed by atoms with E-state index >= 15 is 0 Å². The summed E-state index contributed by atoms with van der Waals surface area (Å²) in [6, 6.07) is 23.7. The third-order valence-electron chi connectivity index (χ3n) is 5.94. The molecule has 2 aromatic carbocycles. The first kappa shape index (κ1) is 22.1. The fourth-order valence-corrected chi connectivity index (χ4v) is 4.20. The van der Waals surface area contributed by atoms with E-state index in [1.165, 1.54) is 0 Å². The molecule has 8 heteroatoms. The van der Waals surface area contributed by atoms with Crippen molar-refractivity contribution in [2.75, 3.05) is 38.0 Å². The van der Waals surface area contributed by atoms with E-state index in [1.807, 2.05) is 79.7 Å². The molecule has 8 nitrogen and oxygen atoms in total. The van der Waals surface area contributed by atoms with E-state index in [0.717, 1.165) is 61.1 Å². The summed E-state index contributed by atoms with van der Waals surface area (Å²) in [7, 11) is 0. The number of hydrogen-bond donors (Lipinski definition) is 1. The molecule has 5 rings (SSSR count). The van der Waals surface area contributed by atoms with E-state index < -0.39 is 0 Å². The number of nitrogens with zero attached hydrogens (tertiary/aromatic N) is 5. The van der Waals surface area contributed by atoms with Crippen LogP contribution in [0.2, 0.25) is 0 Å². The van der Waals surface area contributed by atoms with Crippen molar-refractivity contribution >= 4 is 11.7 Å². The molecule has 0 unspecified atom stereocenters. The number of anilines is 1. The van der Waals surface area contributed by atoms with E-state index in [2.05, 4.69) is 20.3 Å². The maximum atomic E-state index is 13.0. The van der Waals surface area contributed by atoms with Gasteiger partial charge < -0.3 is 9.84 Å². The average molecular weight is 457 g/mol. The Bertz CT molecular complexity index is 1230. The quantitative estimate of drug-likeness (QED) is 0.458. The Morgan fingerprint density at radius 3 is 2.29 bits per heavy atom. The second kappa shape index (κ2) is 10.0. The fraction of sp³-hybridized carbons (Fsp3) is 0.269. The summed E-state index contributed by atoms with van der Waals surface area (Å²) in [6.45, 7) is 6.46. The Labute approximate surface area is 198 Å². The van der Waals surface area contributed by atoms with Crippen LogP contribution in [-0.2, 0) is 11.3 Å². The van der Waals surface area contributed by atoms with E-state index in [1.54, 1.807) is 4.68 Å². The first-order valence-corrected chi connectivity index (χ1v) is 11.5. The second-order valence-corrected chi connectivity index (χ2v) is 8.56. The zero-order valence-corrected chi connectivity index (χ0v) is 19.2. The highest BCUT2D eigenvalue weighted by atomic mass is 16.5. The van der Waals surface area contributed by atoms with Crippen LogP contribution in [0.5, 0.6) is 0 Å². The molecule has 1 fully saturated rings. The van der Waals surface area contributed by atoms with Gasteiger partial charge in [0.1, 0.15) is 11.6 Å². The van der Waals surface area contributed by atoms with Gasteiger partial charge in [-0.05, 0) is 19.1 Å². The summed E-state index contributed by atoms with van der Waals surface area (Å²) in [4.78, 5) is 17.5. The molecule has 1 amide bonds. The van der Waals surface area contributed by atoms with Crippen molar-refractivity contribution in [3.8, 4) is 16.9 Å². The molecule has 174 valence electrons. The molecule has 4 aromatic rings. The number of carbonyl (C=O) groups is 1. The lowest BCUT2D eigenvalue weighted by Gasteiger charge is -2.33. The van der Waals surface area contributed by atoms with Crippen molar-refractivity contribution in [2.24, 2.45) is 0 Å². The van der Waals surface area contributed by atoms with Crippen molar-refractivity contribution in [1.29, 1.82) is 0 Å². The predicted molar refractivity (Wildman–Crippen MR) is 131 cm³/mol. The molecule has 0 saturated carbocycles. The Kier molecular flexibility index (Phi) is 6.51. The van der Waals surface area contributed by atoms with Crippen LogP contribution in [0.15, 0.2) is 77.3 Å². The molecular formula is C26H28N6O2. The molecular weight excluding hydrogens is 428 g/mol. The maximum Gasteiger partial charge on any atom is 0.239 e. The van der Waals surface area contributed by atoms with E-state index in [4.69, 9.17) is 9.62 Å². The third kappa shape index (κ3) is 5.24. The Morgan fingerprint density at radius 2 is 1.62 bits per heavy atom. The van der Waals surface area contributed by atoms with Crippen molar-refractivity contribution in [1.82, 2.24) is 24.7 Å². The number of hydrogen-bond acceptors (Lipinski definition) is 6. The van der Waals surface area contributed by atoms with Gasteiger partial charge in [-0.25, -0.2) is 4.68 Å². The molecule has 0 bridgehead atoms. The minimum Gasteiger partial charge on any atom is -0.361 e. The highest BCUT2D eigenvalue weighted by Crippen LogP contribution is 2.24. The lowest BCUT2D eigenvalue weighted by Crippen LogP contribution is -2.48. The topological polar surface area (TPSA) is 79.4 Å². The van der Waals surface area contributed by atoms with Gasteiger partial charge in [-0.3, -0.25) is 14.6 Å². The van der Waals surface area contributed by atoms with Gasteiger partial charge in [0.15, 0.2) is 0 Å². The summed E-state index contributed by atoms with van der Waals surface area (Å²) in [5.74, 6) is 1.45. The molecule has 1 aliphatic rings. The Hall–Kier alpha value is -3.75. The summed E-state index contributed by atoms with van der Waals surface area (Å²) in [5.41, 5.74) is 3.67. The molecule has 2 aromatic heterocycles. The number of aryl methyl sites for hydroxylation is 1. The van der Waals surface area contributed by atoms with Crippen molar-refractivity contribution in [3.05, 3.63) is 84.3 Å². The fourth-order valence-electron chi connectivity index (χ4n) is 4.20. The summed E-state index contributed by atoms with van der Waals surface area (Å²) in [5, 5.41) is 11.9. The van der Waals surface area contributed by atoms with Gasteiger partial charge in [0.05, 0.1) is 23.6 Å².